The summed E-state index contributed by atoms with van der Waals surface area (Å²) >= 11 is 0. The molecule has 7 nitrogen and oxygen atoms in total. The van der Waals surface area contributed by atoms with Crippen molar-refractivity contribution in [3.63, 3.8) is 0 Å². The maximum atomic E-state index is 11.0. The third-order valence-corrected chi connectivity index (χ3v) is 3.42. The molecule has 1 N–H and O–H groups in total. The fourth-order valence-electron chi connectivity index (χ4n) is 2.24. The summed E-state index contributed by atoms with van der Waals surface area (Å²) in [5.41, 5.74) is 2.76. The van der Waals surface area contributed by atoms with Crippen LogP contribution in [0.4, 0.5) is 11.4 Å². The molecular formula is C16H15N5O2. The van der Waals surface area contributed by atoms with Crippen molar-refractivity contribution < 1.29 is 4.92 Å². The molecule has 0 fully saturated rings. The average molecular weight is 309 g/mol. The Kier molecular flexibility index (Phi) is 4.28. The minimum atomic E-state index is -0.385. The monoisotopic (exact) mass is 309 g/mol. The first kappa shape index (κ1) is 14.7. The standard InChI is InChI=1S/C16H15N5O2/c22-21(23)16-4-2-1-3-15(16)18-9-13-5-7-14(8-6-13)10-20-12-17-11-19-20/h1-8,11-12,18H,9-10H2. The number of rotatable bonds is 6. The first-order chi connectivity index (χ1) is 11.2. The second kappa shape index (κ2) is 6.69. The number of aromatic nitrogens is 3. The van der Waals surface area contributed by atoms with Crippen molar-refractivity contribution in [3.8, 4) is 0 Å². The molecule has 0 saturated heterocycles. The molecule has 1 aromatic heterocycles. The first-order valence-electron chi connectivity index (χ1n) is 7.10. The summed E-state index contributed by atoms with van der Waals surface area (Å²) in [4.78, 5) is 14.5. The summed E-state index contributed by atoms with van der Waals surface area (Å²) in [5.74, 6) is 0. The first-order valence-corrected chi connectivity index (χ1v) is 7.10. The van der Waals surface area contributed by atoms with Crippen molar-refractivity contribution in [1.82, 2.24) is 14.8 Å². The van der Waals surface area contributed by atoms with Crippen LogP contribution in [0.1, 0.15) is 11.1 Å². The fourth-order valence-corrected chi connectivity index (χ4v) is 2.24. The molecule has 0 radical (unpaired) electrons. The van der Waals surface area contributed by atoms with Gasteiger partial charge in [0.1, 0.15) is 18.3 Å². The molecule has 3 aromatic rings. The van der Waals surface area contributed by atoms with Gasteiger partial charge in [0, 0.05) is 12.6 Å². The van der Waals surface area contributed by atoms with E-state index in [2.05, 4.69) is 15.4 Å². The number of nitrogens with zero attached hydrogens (tertiary/aromatic N) is 4. The SMILES string of the molecule is O=[N+]([O-])c1ccccc1NCc1ccc(Cn2cncn2)cc1. The number of anilines is 1. The predicted molar refractivity (Wildman–Crippen MR) is 86.0 cm³/mol. The molecule has 0 saturated carbocycles. The summed E-state index contributed by atoms with van der Waals surface area (Å²) < 4.78 is 1.75. The lowest BCUT2D eigenvalue weighted by molar-refractivity contribution is -0.384. The van der Waals surface area contributed by atoms with Crippen LogP contribution in [0.15, 0.2) is 61.2 Å². The van der Waals surface area contributed by atoms with Gasteiger partial charge in [0.25, 0.3) is 5.69 Å². The number of nitrogens with one attached hydrogen (secondary N) is 1. The maximum absolute atomic E-state index is 11.0. The summed E-state index contributed by atoms with van der Waals surface area (Å²) in [5, 5.41) is 18.2. The zero-order valence-corrected chi connectivity index (χ0v) is 12.3. The Bertz CT molecular complexity index is 784. The molecule has 116 valence electrons. The van der Waals surface area contributed by atoms with Crippen LogP contribution in [0.3, 0.4) is 0 Å². The van der Waals surface area contributed by atoms with Gasteiger partial charge in [-0.15, -0.1) is 0 Å². The molecule has 7 heteroatoms. The van der Waals surface area contributed by atoms with Crippen LogP contribution in [0.5, 0.6) is 0 Å². The fraction of sp³-hybridized carbons (Fsp3) is 0.125. The van der Waals surface area contributed by atoms with Crippen molar-refractivity contribution in [2.75, 3.05) is 5.32 Å². The predicted octanol–water partition coefficient (Wildman–Crippen LogP) is 2.85. The van der Waals surface area contributed by atoms with Gasteiger partial charge in [-0.3, -0.25) is 10.1 Å². The zero-order valence-electron chi connectivity index (χ0n) is 12.3. The van der Waals surface area contributed by atoms with Crippen LogP contribution in [0.25, 0.3) is 0 Å². The smallest absolute Gasteiger partial charge is 0.292 e. The summed E-state index contributed by atoms with van der Waals surface area (Å²) in [6.45, 7) is 1.19. The van der Waals surface area contributed by atoms with E-state index in [1.807, 2.05) is 24.3 Å². The number of para-hydroxylation sites is 2. The Hall–Kier alpha value is -3.22. The van der Waals surface area contributed by atoms with Gasteiger partial charge in [0.15, 0.2) is 0 Å². The number of nitro benzene ring substituents is 1. The Morgan fingerprint density at radius 2 is 1.83 bits per heavy atom. The third-order valence-electron chi connectivity index (χ3n) is 3.42. The van der Waals surface area contributed by atoms with Gasteiger partial charge in [-0.1, -0.05) is 36.4 Å². The quantitative estimate of drug-likeness (QED) is 0.559. The van der Waals surface area contributed by atoms with E-state index in [1.54, 1.807) is 29.2 Å². The zero-order chi connectivity index (χ0) is 16.1. The van der Waals surface area contributed by atoms with E-state index >= 15 is 0 Å². The Labute approximate surface area is 132 Å². The highest BCUT2D eigenvalue weighted by atomic mass is 16.6. The minimum Gasteiger partial charge on any atom is -0.375 e. The summed E-state index contributed by atoms with van der Waals surface area (Å²) in [7, 11) is 0. The number of hydrogen-bond donors (Lipinski definition) is 1. The van der Waals surface area contributed by atoms with E-state index < -0.39 is 0 Å². The minimum absolute atomic E-state index is 0.0790. The van der Waals surface area contributed by atoms with Crippen molar-refractivity contribution in [1.29, 1.82) is 0 Å². The second-order valence-corrected chi connectivity index (χ2v) is 5.04. The lowest BCUT2D eigenvalue weighted by atomic mass is 10.1. The van der Waals surface area contributed by atoms with Crippen molar-refractivity contribution >= 4 is 11.4 Å². The topological polar surface area (TPSA) is 85.9 Å². The molecule has 23 heavy (non-hydrogen) atoms. The van der Waals surface area contributed by atoms with Crippen LogP contribution in [0, 0.1) is 10.1 Å². The molecule has 0 spiro atoms. The van der Waals surface area contributed by atoms with Gasteiger partial charge in [-0.2, -0.15) is 5.10 Å². The van der Waals surface area contributed by atoms with Gasteiger partial charge in [-0.05, 0) is 17.2 Å². The molecule has 0 amide bonds. The van der Waals surface area contributed by atoms with Gasteiger partial charge in [-0.25, -0.2) is 9.67 Å². The highest BCUT2D eigenvalue weighted by Crippen LogP contribution is 2.23. The van der Waals surface area contributed by atoms with E-state index in [-0.39, 0.29) is 10.6 Å². The molecule has 1 heterocycles. The Morgan fingerprint density at radius 3 is 2.52 bits per heavy atom. The average Bonchev–Trinajstić information content (AvgIpc) is 3.07. The molecule has 0 aliphatic carbocycles. The van der Waals surface area contributed by atoms with Crippen LogP contribution in [-0.2, 0) is 13.1 Å². The van der Waals surface area contributed by atoms with Crippen LogP contribution >= 0.6 is 0 Å². The maximum Gasteiger partial charge on any atom is 0.292 e. The molecule has 0 unspecified atom stereocenters. The van der Waals surface area contributed by atoms with Crippen LogP contribution < -0.4 is 5.32 Å². The highest BCUT2D eigenvalue weighted by Gasteiger charge is 2.11. The lowest BCUT2D eigenvalue weighted by Gasteiger charge is -2.08. The van der Waals surface area contributed by atoms with Crippen LogP contribution in [0.2, 0.25) is 0 Å². The summed E-state index contributed by atoms with van der Waals surface area (Å²) in [6.07, 6.45) is 3.18. The van der Waals surface area contributed by atoms with E-state index in [0.29, 0.717) is 18.8 Å². The van der Waals surface area contributed by atoms with E-state index in [4.69, 9.17) is 0 Å². The normalized spacial score (nSPS) is 10.4. The highest BCUT2D eigenvalue weighted by molar-refractivity contribution is 5.61. The molecule has 0 aliphatic heterocycles. The van der Waals surface area contributed by atoms with Gasteiger partial charge in [0.05, 0.1) is 11.5 Å². The lowest BCUT2D eigenvalue weighted by Crippen LogP contribution is -2.03. The third kappa shape index (κ3) is 3.70. The number of benzene rings is 2. The molecule has 3 rings (SSSR count). The molecule has 2 aromatic carbocycles. The van der Waals surface area contributed by atoms with Crippen molar-refractivity contribution in [2.45, 2.75) is 13.1 Å². The second-order valence-electron chi connectivity index (χ2n) is 5.04. The summed E-state index contributed by atoms with van der Waals surface area (Å²) in [6, 6.07) is 14.6. The molecular weight excluding hydrogens is 294 g/mol. The van der Waals surface area contributed by atoms with Gasteiger partial charge in [0.2, 0.25) is 0 Å². The van der Waals surface area contributed by atoms with E-state index in [0.717, 1.165) is 11.1 Å². The Morgan fingerprint density at radius 1 is 1.09 bits per heavy atom. The van der Waals surface area contributed by atoms with Crippen molar-refractivity contribution in [3.05, 3.63) is 82.4 Å². The molecule has 0 atom stereocenters. The number of hydrogen-bond acceptors (Lipinski definition) is 5. The molecule has 0 bridgehead atoms. The van der Waals surface area contributed by atoms with Gasteiger partial charge < -0.3 is 5.32 Å². The van der Waals surface area contributed by atoms with Crippen molar-refractivity contribution in [2.24, 2.45) is 0 Å². The van der Waals surface area contributed by atoms with E-state index in [9.17, 15) is 10.1 Å². The molecule has 0 aliphatic rings. The number of nitro groups is 1. The Balaban J connectivity index is 1.64. The van der Waals surface area contributed by atoms with Gasteiger partial charge >= 0.3 is 0 Å². The van der Waals surface area contributed by atoms with Crippen LogP contribution in [-0.4, -0.2) is 19.7 Å². The largest absolute Gasteiger partial charge is 0.375 e. The van der Waals surface area contributed by atoms with E-state index in [1.165, 1.54) is 12.4 Å².